The standard InChI is InChI=1S/C21H24N2O2/c1-14(2)16-10-8-15(9-11-16)12-23-13-18(20(22)21(24)25-3)17-6-4-5-7-19(17)23/h4-11,13-14,20H,12,22H2,1-3H3. The molecule has 4 heteroatoms. The lowest BCUT2D eigenvalue weighted by Gasteiger charge is -2.09. The predicted molar refractivity (Wildman–Crippen MR) is 101 cm³/mol. The van der Waals surface area contributed by atoms with Crippen molar-refractivity contribution in [2.45, 2.75) is 32.4 Å². The van der Waals surface area contributed by atoms with Crippen LogP contribution in [0, 0.1) is 0 Å². The van der Waals surface area contributed by atoms with Crippen molar-refractivity contribution in [3.05, 3.63) is 71.4 Å². The maximum absolute atomic E-state index is 11.9. The molecule has 3 rings (SSSR count). The Balaban J connectivity index is 1.97. The molecule has 0 fully saturated rings. The molecule has 0 saturated carbocycles. The fraction of sp³-hybridized carbons (Fsp3) is 0.286. The number of nitrogens with zero attached hydrogens (tertiary/aromatic N) is 1. The SMILES string of the molecule is COC(=O)C(N)c1cn(Cc2ccc(C(C)C)cc2)c2ccccc12. The van der Waals surface area contributed by atoms with E-state index in [2.05, 4.69) is 42.7 Å². The maximum Gasteiger partial charge on any atom is 0.327 e. The molecule has 0 aliphatic carbocycles. The molecule has 0 bridgehead atoms. The van der Waals surface area contributed by atoms with Crippen LogP contribution >= 0.6 is 0 Å². The van der Waals surface area contributed by atoms with Crippen LogP contribution in [0.2, 0.25) is 0 Å². The lowest BCUT2D eigenvalue weighted by atomic mass is 10.0. The van der Waals surface area contributed by atoms with Gasteiger partial charge in [0.15, 0.2) is 0 Å². The van der Waals surface area contributed by atoms with Gasteiger partial charge in [-0.05, 0) is 23.1 Å². The van der Waals surface area contributed by atoms with Crippen LogP contribution in [0.4, 0.5) is 0 Å². The van der Waals surface area contributed by atoms with Crippen LogP contribution in [-0.4, -0.2) is 17.6 Å². The minimum atomic E-state index is -0.778. The number of rotatable bonds is 5. The van der Waals surface area contributed by atoms with Crippen LogP contribution in [-0.2, 0) is 16.1 Å². The highest BCUT2D eigenvalue weighted by Gasteiger charge is 2.21. The highest BCUT2D eigenvalue weighted by Crippen LogP contribution is 2.27. The van der Waals surface area contributed by atoms with E-state index in [0.717, 1.165) is 23.0 Å². The Hall–Kier alpha value is -2.59. The second kappa shape index (κ2) is 7.11. The van der Waals surface area contributed by atoms with Gasteiger partial charge in [-0.2, -0.15) is 0 Å². The van der Waals surface area contributed by atoms with Gasteiger partial charge in [-0.25, -0.2) is 0 Å². The van der Waals surface area contributed by atoms with Gasteiger partial charge in [-0.3, -0.25) is 4.79 Å². The Morgan fingerprint density at radius 2 is 1.80 bits per heavy atom. The largest absolute Gasteiger partial charge is 0.468 e. The molecular formula is C21H24N2O2. The molecule has 1 unspecified atom stereocenters. The number of esters is 1. The van der Waals surface area contributed by atoms with Gasteiger partial charge < -0.3 is 15.0 Å². The lowest BCUT2D eigenvalue weighted by molar-refractivity contribution is -0.142. The predicted octanol–water partition coefficient (Wildman–Crippen LogP) is 3.99. The summed E-state index contributed by atoms with van der Waals surface area (Å²) in [5.74, 6) is 0.0929. The molecule has 130 valence electrons. The molecule has 1 aromatic heterocycles. The van der Waals surface area contributed by atoms with Crippen molar-refractivity contribution in [1.82, 2.24) is 4.57 Å². The zero-order valence-electron chi connectivity index (χ0n) is 14.9. The third-order valence-electron chi connectivity index (χ3n) is 4.61. The fourth-order valence-corrected chi connectivity index (χ4v) is 3.11. The average Bonchev–Trinajstić information content (AvgIpc) is 2.99. The second-order valence-corrected chi connectivity index (χ2v) is 6.63. The van der Waals surface area contributed by atoms with Gasteiger partial charge in [0.2, 0.25) is 0 Å². The number of methoxy groups -OCH3 is 1. The van der Waals surface area contributed by atoms with Crippen LogP contribution in [0.3, 0.4) is 0 Å². The van der Waals surface area contributed by atoms with E-state index in [1.165, 1.54) is 18.2 Å². The summed E-state index contributed by atoms with van der Waals surface area (Å²) in [6.07, 6.45) is 1.96. The molecule has 0 amide bonds. The summed E-state index contributed by atoms with van der Waals surface area (Å²) in [5, 5.41) is 0.985. The van der Waals surface area contributed by atoms with Crippen LogP contribution in [0.1, 0.15) is 42.5 Å². The number of nitrogens with two attached hydrogens (primary N) is 1. The third-order valence-corrected chi connectivity index (χ3v) is 4.61. The Morgan fingerprint density at radius 3 is 2.44 bits per heavy atom. The van der Waals surface area contributed by atoms with Crippen molar-refractivity contribution in [2.75, 3.05) is 7.11 Å². The normalized spacial score (nSPS) is 12.5. The van der Waals surface area contributed by atoms with Gasteiger partial charge in [0, 0.05) is 29.2 Å². The van der Waals surface area contributed by atoms with E-state index in [0.29, 0.717) is 5.92 Å². The minimum Gasteiger partial charge on any atom is -0.468 e. The molecule has 3 aromatic rings. The first-order valence-corrected chi connectivity index (χ1v) is 8.51. The van der Waals surface area contributed by atoms with E-state index in [1.807, 2.05) is 30.5 Å². The number of para-hydroxylation sites is 1. The molecule has 0 saturated heterocycles. The topological polar surface area (TPSA) is 57.2 Å². The van der Waals surface area contributed by atoms with Crippen molar-refractivity contribution in [3.63, 3.8) is 0 Å². The number of benzene rings is 2. The van der Waals surface area contributed by atoms with Gasteiger partial charge in [0.25, 0.3) is 0 Å². The number of ether oxygens (including phenoxy) is 1. The van der Waals surface area contributed by atoms with E-state index < -0.39 is 12.0 Å². The van der Waals surface area contributed by atoms with E-state index in [1.54, 1.807) is 0 Å². The molecule has 2 N–H and O–H groups in total. The van der Waals surface area contributed by atoms with Crippen LogP contribution in [0.15, 0.2) is 54.7 Å². The lowest BCUT2D eigenvalue weighted by Crippen LogP contribution is -2.22. The van der Waals surface area contributed by atoms with E-state index in [4.69, 9.17) is 10.5 Å². The van der Waals surface area contributed by atoms with Crippen LogP contribution in [0.5, 0.6) is 0 Å². The number of hydrogen-bond donors (Lipinski definition) is 1. The third kappa shape index (κ3) is 3.44. The van der Waals surface area contributed by atoms with Gasteiger partial charge in [0.1, 0.15) is 6.04 Å². The van der Waals surface area contributed by atoms with Crippen LogP contribution < -0.4 is 5.73 Å². The molecule has 1 atom stereocenters. The van der Waals surface area contributed by atoms with Gasteiger partial charge in [0.05, 0.1) is 7.11 Å². The number of carbonyl (C=O) groups is 1. The maximum atomic E-state index is 11.9. The van der Waals surface area contributed by atoms with E-state index in [9.17, 15) is 4.79 Å². The van der Waals surface area contributed by atoms with Gasteiger partial charge in [-0.1, -0.05) is 56.3 Å². The quantitative estimate of drug-likeness (QED) is 0.717. The van der Waals surface area contributed by atoms with Crippen molar-refractivity contribution in [3.8, 4) is 0 Å². The van der Waals surface area contributed by atoms with Crippen molar-refractivity contribution in [1.29, 1.82) is 0 Å². The summed E-state index contributed by atoms with van der Waals surface area (Å²) in [6, 6.07) is 15.9. The average molecular weight is 336 g/mol. The van der Waals surface area contributed by atoms with Crippen LogP contribution in [0.25, 0.3) is 10.9 Å². The summed E-state index contributed by atoms with van der Waals surface area (Å²) in [5.41, 5.74) is 10.5. The molecular weight excluding hydrogens is 312 g/mol. The Bertz CT molecular complexity index is 879. The molecule has 0 aliphatic rings. The number of fused-ring (bicyclic) bond motifs is 1. The molecule has 2 aromatic carbocycles. The fourth-order valence-electron chi connectivity index (χ4n) is 3.11. The molecule has 0 spiro atoms. The molecule has 0 aliphatic heterocycles. The molecule has 0 radical (unpaired) electrons. The zero-order valence-corrected chi connectivity index (χ0v) is 14.9. The summed E-state index contributed by atoms with van der Waals surface area (Å²) >= 11 is 0. The first-order chi connectivity index (χ1) is 12.0. The number of carbonyl (C=O) groups excluding carboxylic acids is 1. The first-order valence-electron chi connectivity index (χ1n) is 8.51. The number of hydrogen-bond acceptors (Lipinski definition) is 3. The molecule has 25 heavy (non-hydrogen) atoms. The van der Waals surface area contributed by atoms with Crippen molar-refractivity contribution < 1.29 is 9.53 Å². The highest BCUT2D eigenvalue weighted by molar-refractivity contribution is 5.90. The van der Waals surface area contributed by atoms with Crippen molar-refractivity contribution in [2.24, 2.45) is 5.73 Å². The smallest absolute Gasteiger partial charge is 0.327 e. The summed E-state index contributed by atoms with van der Waals surface area (Å²) in [7, 11) is 1.36. The Morgan fingerprint density at radius 1 is 1.12 bits per heavy atom. The van der Waals surface area contributed by atoms with Gasteiger partial charge >= 0.3 is 5.97 Å². The Kier molecular flexibility index (Phi) is 4.91. The van der Waals surface area contributed by atoms with Gasteiger partial charge in [-0.15, -0.1) is 0 Å². The second-order valence-electron chi connectivity index (χ2n) is 6.63. The van der Waals surface area contributed by atoms with Crippen molar-refractivity contribution >= 4 is 16.9 Å². The molecule has 4 nitrogen and oxygen atoms in total. The molecule has 1 heterocycles. The monoisotopic (exact) mass is 336 g/mol. The Labute approximate surface area is 148 Å². The summed E-state index contributed by atoms with van der Waals surface area (Å²) in [4.78, 5) is 11.9. The number of aromatic nitrogens is 1. The highest BCUT2D eigenvalue weighted by atomic mass is 16.5. The first kappa shape index (κ1) is 17.2. The summed E-state index contributed by atoms with van der Waals surface area (Å²) < 4.78 is 6.94. The minimum absolute atomic E-state index is 0.427. The summed E-state index contributed by atoms with van der Waals surface area (Å²) in [6.45, 7) is 5.11. The van der Waals surface area contributed by atoms with E-state index in [-0.39, 0.29) is 0 Å². The van der Waals surface area contributed by atoms with E-state index >= 15 is 0 Å². The zero-order chi connectivity index (χ0) is 18.0.